The van der Waals surface area contributed by atoms with Crippen LogP contribution in [-0.4, -0.2) is 30.4 Å². The van der Waals surface area contributed by atoms with Gasteiger partial charge in [-0.05, 0) is 42.5 Å². The molecule has 31 heavy (non-hydrogen) atoms. The van der Waals surface area contributed by atoms with Crippen LogP contribution in [0.2, 0.25) is 0 Å². The van der Waals surface area contributed by atoms with Crippen LogP contribution < -0.4 is 9.64 Å². The third kappa shape index (κ3) is 4.12. The Labute approximate surface area is 188 Å². The number of nitrogens with zero attached hydrogens (tertiary/aromatic N) is 1. The minimum Gasteiger partial charge on any atom is -0.497 e. The summed E-state index contributed by atoms with van der Waals surface area (Å²) in [5.74, 6) is 0.991. The van der Waals surface area contributed by atoms with Gasteiger partial charge in [0.05, 0.1) is 30.4 Å². The lowest BCUT2D eigenvalue weighted by Crippen LogP contribution is -2.27. The Morgan fingerprint density at radius 2 is 1.81 bits per heavy atom. The van der Waals surface area contributed by atoms with E-state index in [4.69, 9.17) is 26.1 Å². The van der Waals surface area contributed by atoms with Gasteiger partial charge in [0.1, 0.15) is 17.3 Å². The first-order chi connectivity index (χ1) is 15.0. The van der Waals surface area contributed by atoms with Gasteiger partial charge in [-0.1, -0.05) is 42.2 Å². The number of furan rings is 1. The van der Waals surface area contributed by atoms with E-state index in [-0.39, 0.29) is 5.91 Å². The summed E-state index contributed by atoms with van der Waals surface area (Å²) in [6.07, 6.45) is 1.65. The molecule has 156 valence electrons. The van der Waals surface area contributed by atoms with Crippen LogP contribution in [0.4, 0.5) is 5.69 Å². The molecular formula is C23H17NO5S2. The number of anilines is 1. The number of carbonyl (C=O) groups is 2. The Kier molecular flexibility index (Phi) is 5.92. The Morgan fingerprint density at radius 3 is 2.52 bits per heavy atom. The predicted molar refractivity (Wildman–Crippen MR) is 124 cm³/mol. The molecule has 1 amide bonds. The van der Waals surface area contributed by atoms with Crippen molar-refractivity contribution in [3.63, 3.8) is 0 Å². The van der Waals surface area contributed by atoms with Gasteiger partial charge in [-0.3, -0.25) is 9.69 Å². The number of carbonyl (C=O) groups excluding carboxylic acids is 2. The molecule has 1 aliphatic heterocycles. The van der Waals surface area contributed by atoms with Gasteiger partial charge in [0.2, 0.25) is 0 Å². The van der Waals surface area contributed by atoms with Crippen LogP contribution in [-0.2, 0) is 9.53 Å². The molecule has 0 spiro atoms. The van der Waals surface area contributed by atoms with Crippen molar-refractivity contribution in [1.82, 2.24) is 0 Å². The molecule has 0 atom stereocenters. The molecule has 1 aliphatic rings. The number of thioether (sulfide) groups is 1. The lowest BCUT2D eigenvalue weighted by Gasteiger charge is -2.14. The van der Waals surface area contributed by atoms with Gasteiger partial charge in [-0.15, -0.1) is 0 Å². The summed E-state index contributed by atoms with van der Waals surface area (Å²) in [4.78, 5) is 26.9. The summed E-state index contributed by atoms with van der Waals surface area (Å²) >= 11 is 6.61. The van der Waals surface area contributed by atoms with E-state index in [1.807, 2.05) is 6.07 Å². The van der Waals surface area contributed by atoms with E-state index in [1.54, 1.807) is 67.8 Å². The van der Waals surface area contributed by atoms with Crippen molar-refractivity contribution in [3.05, 3.63) is 76.9 Å². The number of amides is 1. The number of hydrogen-bond acceptors (Lipinski definition) is 7. The molecule has 6 nitrogen and oxygen atoms in total. The summed E-state index contributed by atoms with van der Waals surface area (Å²) in [5.41, 5.74) is 1.68. The topological polar surface area (TPSA) is 69.0 Å². The van der Waals surface area contributed by atoms with Gasteiger partial charge >= 0.3 is 5.97 Å². The lowest BCUT2D eigenvalue weighted by molar-refractivity contribution is -0.113. The number of ether oxygens (including phenoxy) is 2. The molecule has 0 bridgehead atoms. The largest absolute Gasteiger partial charge is 0.497 e. The van der Waals surface area contributed by atoms with Crippen molar-refractivity contribution in [2.24, 2.45) is 0 Å². The van der Waals surface area contributed by atoms with Gasteiger partial charge in [-0.2, -0.15) is 0 Å². The van der Waals surface area contributed by atoms with E-state index in [0.29, 0.717) is 43.3 Å². The Bertz CT molecular complexity index is 1200. The minimum atomic E-state index is -0.450. The summed E-state index contributed by atoms with van der Waals surface area (Å²) in [6.45, 7) is 0. The van der Waals surface area contributed by atoms with Crippen LogP contribution in [0.3, 0.4) is 0 Å². The maximum absolute atomic E-state index is 12.9. The first-order valence-electron chi connectivity index (χ1n) is 9.21. The standard InChI is InChI=1S/C23H17NO5S2/c1-27-15-9-7-14(8-10-15)24-21(25)20(31-23(24)30)13-16-11-12-19(29-16)17-5-3-4-6-18(17)22(26)28-2/h3-13H,1-2H3/b20-13-. The highest BCUT2D eigenvalue weighted by Gasteiger charge is 2.33. The van der Waals surface area contributed by atoms with E-state index >= 15 is 0 Å². The normalized spacial score (nSPS) is 14.9. The van der Waals surface area contributed by atoms with Crippen LogP contribution in [0.15, 0.2) is 70.0 Å². The molecule has 0 aliphatic carbocycles. The van der Waals surface area contributed by atoms with Gasteiger partial charge in [0, 0.05) is 11.6 Å². The summed E-state index contributed by atoms with van der Waals surface area (Å²) in [7, 11) is 2.91. The average Bonchev–Trinajstić information content (AvgIpc) is 3.37. The predicted octanol–water partition coefficient (Wildman–Crippen LogP) is 5.15. The number of benzene rings is 2. The van der Waals surface area contributed by atoms with Crippen molar-refractivity contribution < 1.29 is 23.5 Å². The third-order valence-corrected chi connectivity index (χ3v) is 5.92. The highest BCUT2D eigenvalue weighted by Crippen LogP contribution is 2.37. The molecule has 3 aromatic rings. The zero-order valence-electron chi connectivity index (χ0n) is 16.7. The lowest BCUT2D eigenvalue weighted by atomic mass is 10.1. The van der Waals surface area contributed by atoms with Crippen LogP contribution >= 0.6 is 24.0 Å². The SMILES string of the molecule is COC(=O)c1ccccc1-c1ccc(/C=C2\SC(=S)N(c3ccc(OC)cc3)C2=O)o1. The number of hydrogen-bond donors (Lipinski definition) is 0. The van der Waals surface area contributed by atoms with Crippen molar-refractivity contribution in [2.45, 2.75) is 0 Å². The third-order valence-electron chi connectivity index (χ3n) is 4.62. The maximum Gasteiger partial charge on any atom is 0.338 e. The fourth-order valence-corrected chi connectivity index (χ4v) is 4.39. The molecule has 2 heterocycles. The fourth-order valence-electron chi connectivity index (χ4n) is 3.11. The monoisotopic (exact) mass is 451 g/mol. The molecular weight excluding hydrogens is 434 g/mol. The Hall–Kier alpha value is -3.36. The molecule has 0 unspecified atom stereocenters. The van der Waals surface area contributed by atoms with Gasteiger partial charge in [0.25, 0.3) is 5.91 Å². The van der Waals surface area contributed by atoms with Crippen LogP contribution in [0.1, 0.15) is 16.1 Å². The van der Waals surface area contributed by atoms with E-state index in [1.165, 1.54) is 23.8 Å². The van der Waals surface area contributed by atoms with Gasteiger partial charge in [-0.25, -0.2) is 4.79 Å². The van der Waals surface area contributed by atoms with E-state index < -0.39 is 5.97 Å². The molecule has 0 radical (unpaired) electrons. The zero-order valence-corrected chi connectivity index (χ0v) is 18.3. The number of thiocarbonyl (C=S) groups is 1. The molecule has 0 saturated carbocycles. The van der Waals surface area contributed by atoms with Crippen LogP contribution in [0.25, 0.3) is 17.4 Å². The summed E-state index contributed by atoms with van der Waals surface area (Å²) in [6, 6.07) is 17.6. The highest BCUT2D eigenvalue weighted by molar-refractivity contribution is 8.27. The Morgan fingerprint density at radius 1 is 1.06 bits per heavy atom. The molecule has 2 aromatic carbocycles. The Balaban J connectivity index is 1.61. The average molecular weight is 452 g/mol. The van der Waals surface area contributed by atoms with E-state index in [2.05, 4.69) is 0 Å². The quantitative estimate of drug-likeness (QED) is 0.302. The smallest absolute Gasteiger partial charge is 0.338 e. The van der Waals surface area contributed by atoms with Crippen LogP contribution in [0.5, 0.6) is 5.75 Å². The first-order valence-corrected chi connectivity index (χ1v) is 10.4. The molecule has 1 aromatic heterocycles. The first kappa shape index (κ1) is 20.9. The van der Waals surface area contributed by atoms with E-state index in [9.17, 15) is 9.59 Å². The second-order valence-corrected chi connectivity index (χ2v) is 8.13. The summed E-state index contributed by atoms with van der Waals surface area (Å²) in [5, 5.41) is 0. The van der Waals surface area contributed by atoms with Gasteiger partial charge < -0.3 is 13.9 Å². The fraction of sp³-hybridized carbons (Fsp3) is 0.0870. The van der Waals surface area contributed by atoms with Crippen LogP contribution in [0, 0.1) is 0 Å². The zero-order chi connectivity index (χ0) is 22.0. The molecule has 1 saturated heterocycles. The van der Waals surface area contributed by atoms with Crippen molar-refractivity contribution in [2.75, 3.05) is 19.1 Å². The number of rotatable bonds is 5. The summed E-state index contributed by atoms with van der Waals surface area (Å²) < 4.78 is 16.3. The number of methoxy groups -OCH3 is 2. The molecule has 0 N–H and O–H groups in total. The second kappa shape index (κ2) is 8.79. The van der Waals surface area contributed by atoms with E-state index in [0.717, 1.165) is 0 Å². The highest BCUT2D eigenvalue weighted by atomic mass is 32.2. The molecule has 4 rings (SSSR count). The van der Waals surface area contributed by atoms with Crippen molar-refractivity contribution in [1.29, 1.82) is 0 Å². The second-order valence-electron chi connectivity index (χ2n) is 6.45. The maximum atomic E-state index is 12.9. The van der Waals surface area contributed by atoms with Gasteiger partial charge in [0.15, 0.2) is 4.32 Å². The van der Waals surface area contributed by atoms with Crippen molar-refractivity contribution in [3.8, 4) is 17.1 Å². The minimum absolute atomic E-state index is 0.229. The number of esters is 1. The molecule has 8 heteroatoms. The van der Waals surface area contributed by atoms with Crippen molar-refractivity contribution >= 4 is 51.9 Å². The molecule has 1 fully saturated rings.